The summed E-state index contributed by atoms with van der Waals surface area (Å²) in [6.07, 6.45) is 8.28. The maximum atomic E-state index is 4.92. The van der Waals surface area contributed by atoms with Crippen LogP contribution in [0.15, 0.2) is 0 Å². The van der Waals surface area contributed by atoms with Crippen LogP contribution in [0.1, 0.15) is 68.1 Å². The highest BCUT2D eigenvalue weighted by Gasteiger charge is 2.30. The number of nitrogens with zero attached hydrogens (tertiary/aromatic N) is 6. The number of likely N-dealkylation sites (tertiary alicyclic amines) is 1. The number of imidazole rings is 1. The van der Waals surface area contributed by atoms with Crippen molar-refractivity contribution >= 4 is 0 Å². The molecule has 1 saturated heterocycles. The summed E-state index contributed by atoms with van der Waals surface area (Å²) in [6, 6.07) is 0.382. The van der Waals surface area contributed by atoms with Gasteiger partial charge in [-0.15, -0.1) is 5.10 Å². The number of hydrogen-bond donors (Lipinski definition) is 1. The first-order chi connectivity index (χ1) is 11.3. The summed E-state index contributed by atoms with van der Waals surface area (Å²) in [5.41, 5.74) is 2.67. The van der Waals surface area contributed by atoms with Gasteiger partial charge in [0.1, 0.15) is 5.82 Å². The summed E-state index contributed by atoms with van der Waals surface area (Å²) in [5, 5.41) is 12.2. The van der Waals surface area contributed by atoms with Crippen LogP contribution < -0.4 is 0 Å². The van der Waals surface area contributed by atoms with Gasteiger partial charge in [0.05, 0.1) is 18.3 Å². The van der Waals surface area contributed by atoms with E-state index in [-0.39, 0.29) is 0 Å². The summed E-state index contributed by atoms with van der Waals surface area (Å²) < 4.78 is 1.93. The average Bonchev–Trinajstić information content (AvgIpc) is 3.27. The van der Waals surface area contributed by atoms with E-state index >= 15 is 0 Å². The van der Waals surface area contributed by atoms with Crippen molar-refractivity contribution in [3.8, 4) is 0 Å². The fourth-order valence-corrected chi connectivity index (χ4v) is 3.86. The van der Waals surface area contributed by atoms with Crippen LogP contribution in [0.25, 0.3) is 0 Å². The number of aromatic nitrogens is 6. The molecule has 2 aromatic heterocycles. The normalized spacial score (nSPS) is 21.7. The van der Waals surface area contributed by atoms with Gasteiger partial charge >= 0.3 is 0 Å². The van der Waals surface area contributed by atoms with Crippen LogP contribution in [0.2, 0.25) is 0 Å². The Bertz CT molecular complexity index is 636. The maximum Gasteiger partial charge on any atom is 0.165 e. The molecule has 0 saturated carbocycles. The van der Waals surface area contributed by atoms with Crippen molar-refractivity contribution in [3.63, 3.8) is 0 Å². The number of hydrogen-bond acceptors (Lipinski definition) is 5. The lowest BCUT2D eigenvalue weighted by molar-refractivity contribution is 0.229. The summed E-state index contributed by atoms with van der Waals surface area (Å²) >= 11 is 0. The van der Waals surface area contributed by atoms with Crippen molar-refractivity contribution in [1.29, 1.82) is 0 Å². The van der Waals surface area contributed by atoms with E-state index < -0.39 is 0 Å². The second kappa shape index (κ2) is 6.39. The van der Waals surface area contributed by atoms with Gasteiger partial charge in [0.2, 0.25) is 0 Å². The van der Waals surface area contributed by atoms with Crippen molar-refractivity contribution < 1.29 is 0 Å². The fourth-order valence-electron chi connectivity index (χ4n) is 3.86. The summed E-state index contributed by atoms with van der Waals surface area (Å²) in [5.74, 6) is 2.12. The number of H-pyrrole nitrogens is 1. The van der Waals surface area contributed by atoms with Crippen LogP contribution >= 0.6 is 0 Å². The molecular formula is C16H25N7. The number of nitrogens with one attached hydrogen (secondary N) is 1. The Morgan fingerprint density at radius 2 is 2.13 bits per heavy atom. The van der Waals surface area contributed by atoms with Gasteiger partial charge in [0.25, 0.3) is 0 Å². The van der Waals surface area contributed by atoms with Gasteiger partial charge in [-0.1, -0.05) is 6.92 Å². The molecule has 0 amide bonds. The first-order valence-electron chi connectivity index (χ1n) is 8.92. The van der Waals surface area contributed by atoms with Crippen molar-refractivity contribution in [1.82, 2.24) is 35.1 Å². The Balaban J connectivity index is 1.52. The van der Waals surface area contributed by atoms with Gasteiger partial charge < -0.3 is 4.98 Å². The van der Waals surface area contributed by atoms with E-state index in [0.717, 1.165) is 50.5 Å². The van der Waals surface area contributed by atoms with Gasteiger partial charge in [-0.3, -0.25) is 4.90 Å². The number of aromatic amines is 1. The minimum atomic E-state index is 0.382. The Kier molecular flexibility index (Phi) is 4.11. The highest BCUT2D eigenvalue weighted by molar-refractivity contribution is 5.19. The Hall–Kier alpha value is -1.76. The van der Waals surface area contributed by atoms with E-state index in [1.807, 2.05) is 4.68 Å². The van der Waals surface area contributed by atoms with Gasteiger partial charge in [-0.05, 0) is 61.9 Å². The monoisotopic (exact) mass is 315 g/mol. The van der Waals surface area contributed by atoms with Gasteiger partial charge in [-0.25, -0.2) is 9.67 Å². The Morgan fingerprint density at radius 3 is 3.00 bits per heavy atom. The van der Waals surface area contributed by atoms with Gasteiger partial charge in [0.15, 0.2) is 5.82 Å². The molecule has 1 aliphatic heterocycles. The van der Waals surface area contributed by atoms with Crippen molar-refractivity contribution in [3.05, 3.63) is 23.0 Å². The second-order valence-electron chi connectivity index (χ2n) is 6.70. The van der Waals surface area contributed by atoms with Crippen LogP contribution in [0, 0.1) is 0 Å². The zero-order chi connectivity index (χ0) is 15.6. The smallest absolute Gasteiger partial charge is 0.165 e. The molecule has 0 radical (unpaired) electrons. The minimum absolute atomic E-state index is 0.382. The molecule has 4 rings (SSSR count). The molecule has 2 aliphatic rings. The van der Waals surface area contributed by atoms with E-state index in [1.54, 1.807) is 0 Å². The van der Waals surface area contributed by atoms with Gasteiger partial charge in [-0.2, -0.15) is 0 Å². The Labute approximate surface area is 136 Å². The van der Waals surface area contributed by atoms with Crippen LogP contribution in [0.4, 0.5) is 0 Å². The topological polar surface area (TPSA) is 75.5 Å². The molecule has 1 atom stereocenters. The molecular weight excluding hydrogens is 290 g/mol. The van der Waals surface area contributed by atoms with E-state index in [2.05, 4.69) is 32.3 Å². The first kappa shape index (κ1) is 14.8. The first-order valence-corrected chi connectivity index (χ1v) is 8.92. The molecule has 1 N–H and O–H groups in total. The lowest BCUT2D eigenvalue weighted by Gasteiger charge is -2.22. The summed E-state index contributed by atoms with van der Waals surface area (Å²) in [4.78, 5) is 11.0. The van der Waals surface area contributed by atoms with Crippen molar-refractivity contribution in [2.45, 2.75) is 71.0 Å². The average molecular weight is 315 g/mol. The van der Waals surface area contributed by atoms with Crippen LogP contribution in [-0.4, -0.2) is 41.6 Å². The molecule has 23 heavy (non-hydrogen) atoms. The van der Waals surface area contributed by atoms with Crippen LogP contribution in [0.3, 0.4) is 0 Å². The molecule has 1 fully saturated rings. The lowest BCUT2D eigenvalue weighted by Crippen LogP contribution is -2.25. The largest absolute Gasteiger partial charge is 0.344 e. The standard InChI is InChI=1S/C16H25N7/c1-2-9-23-15(19-20-21-23)11-22-10-5-8-14(22)16-17-12-6-3-4-7-13(12)18-16/h14H,2-11H2,1H3,(H,17,18). The molecule has 0 bridgehead atoms. The predicted molar refractivity (Wildman–Crippen MR) is 85.7 cm³/mol. The van der Waals surface area contributed by atoms with E-state index in [1.165, 1.54) is 37.1 Å². The molecule has 7 heteroatoms. The predicted octanol–water partition coefficient (Wildman–Crippen LogP) is 2.02. The SMILES string of the molecule is CCCn1nnnc1CN1CCCC1c1nc2c([nH]1)CCCC2. The molecule has 2 aromatic rings. The van der Waals surface area contributed by atoms with Gasteiger partial charge in [0, 0.05) is 12.2 Å². The van der Waals surface area contributed by atoms with Crippen molar-refractivity contribution in [2.24, 2.45) is 0 Å². The number of rotatable bonds is 5. The number of tetrazole rings is 1. The molecule has 0 spiro atoms. The molecule has 0 aromatic carbocycles. The molecule has 3 heterocycles. The zero-order valence-corrected chi connectivity index (χ0v) is 13.8. The fraction of sp³-hybridized carbons (Fsp3) is 0.750. The molecule has 124 valence electrons. The highest BCUT2D eigenvalue weighted by Crippen LogP contribution is 2.33. The third-order valence-corrected chi connectivity index (χ3v) is 5.04. The zero-order valence-electron chi connectivity index (χ0n) is 13.8. The van der Waals surface area contributed by atoms with Crippen LogP contribution in [-0.2, 0) is 25.9 Å². The van der Waals surface area contributed by atoms with Crippen LogP contribution in [0.5, 0.6) is 0 Å². The van der Waals surface area contributed by atoms with Crippen molar-refractivity contribution in [2.75, 3.05) is 6.54 Å². The summed E-state index contributed by atoms with van der Waals surface area (Å²) in [7, 11) is 0. The molecule has 1 unspecified atom stereocenters. The summed E-state index contributed by atoms with van der Waals surface area (Å²) in [6.45, 7) is 4.94. The number of fused-ring (bicyclic) bond motifs is 1. The third-order valence-electron chi connectivity index (χ3n) is 5.04. The second-order valence-corrected chi connectivity index (χ2v) is 6.70. The molecule has 7 nitrogen and oxygen atoms in total. The highest BCUT2D eigenvalue weighted by atomic mass is 15.5. The minimum Gasteiger partial charge on any atom is -0.344 e. The lowest BCUT2D eigenvalue weighted by atomic mass is 10.0. The Morgan fingerprint density at radius 1 is 1.22 bits per heavy atom. The maximum absolute atomic E-state index is 4.92. The number of aryl methyl sites for hydroxylation is 3. The van der Waals surface area contributed by atoms with E-state index in [9.17, 15) is 0 Å². The third kappa shape index (κ3) is 2.89. The van der Waals surface area contributed by atoms with E-state index in [4.69, 9.17) is 4.98 Å². The van der Waals surface area contributed by atoms with E-state index in [0.29, 0.717) is 6.04 Å². The molecule has 1 aliphatic carbocycles. The quantitative estimate of drug-likeness (QED) is 0.913.